The molecular weight excluding hydrogens is 284 g/mol. The molecule has 7 heteroatoms. The van der Waals surface area contributed by atoms with Crippen molar-refractivity contribution in [1.82, 2.24) is 10.2 Å². The molecule has 5 N–H and O–H groups in total. The van der Waals surface area contributed by atoms with Crippen molar-refractivity contribution in [2.45, 2.75) is 6.92 Å². The Morgan fingerprint density at radius 3 is 2.59 bits per heavy atom. The van der Waals surface area contributed by atoms with Crippen molar-refractivity contribution in [2.24, 2.45) is 5.73 Å². The van der Waals surface area contributed by atoms with Crippen molar-refractivity contribution in [3.8, 4) is 0 Å². The summed E-state index contributed by atoms with van der Waals surface area (Å²) >= 11 is 0. The molecule has 2 amide bonds. The van der Waals surface area contributed by atoms with E-state index in [1.54, 1.807) is 13.0 Å². The van der Waals surface area contributed by atoms with E-state index in [0.29, 0.717) is 34.3 Å². The summed E-state index contributed by atoms with van der Waals surface area (Å²) in [5.74, 6) is -0.847. The Kier molecular flexibility index (Phi) is 4.37. The minimum atomic E-state index is -0.649. The molecule has 0 aliphatic heterocycles. The van der Waals surface area contributed by atoms with Crippen LogP contribution in [-0.2, 0) is 0 Å². The average Bonchev–Trinajstić information content (AvgIpc) is 2.74. The summed E-state index contributed by atoms with van der Waals surface area (Å²) in [5.41, 5.74) is 12.9. The second kappa shape index (κ2) is 6.07. The molecule has 1 heterocycles. The molecule has 1 aromatic heterocycles. The van der Waals surface area contributed by atoms with Crippen LogP contribution in [0.3, 0.4) is 0 Å². The quantitative estimate of drug-likeness (QED) is 0.704. The predicted molar refractivity (Wildman–Crippen MR) is 84.8 cm³/mol. The molecule has 2 aromatic rings. The lowest BCUT2D eigenvalue weighted by Gasteiger charge is -2.11. The van der Waals surface area contributed by atoms with Gasteiger partial charge in [0.25, 0.3) is 11.8 Å². The van der Waals surface area contributed by atoms with Gasteiger partial charge in [-0.25, -0.2) is 0 Å². The largest absolute Gasteiger partial charge is 0.451 e. The number of amides is 2. The molecule has 22 heavy (non-hydrogen) atoms. The lowest BCUT2D eigenvalue weighted by atomic mass is 10.1. The third kappa shape index (κ3) is 3.04. The molecule has 0 aliphatic carbocycles. The first-order valence-electron chi connectivity index (χ1n) is 6.86. The Morgan fingerprint density at radius 1 is 1.32 bits per heavy atom. The lowest BCUT2D eigenvalue weighted by Crippen LogP contribution is -2.31. The van der Waals surface area contributed by atoms with Crippen molar-refractivity contribution in [1.29, 1.82) is 0 Å². The highest BCUT2D eigenvalue weighted by atomic mass is 16.3. The molecule has 0 unspecified atom stereocenters. The van der Waals surface area contributed by atoms with Crippen LogP contribution in [0.15, 0.2) is 16.5 Å². The fraction of sp³-hybridized carbons (Fsp3) is 0.333. The number of nitrogens with two attached hydrogens (primary N) is 2. The number of benzene rings is 1. The summed E-state index contributed by atoms with van der Waals surface area (Å²) in [6.45, 7) is 2.95. The maximum atomic E-state index is 12.2. The first-order valence-corrected chi connectivity index (χ1v) is 6.86. The van der Waals surface area contributed by atoms with E-state index in [1.165, 1.54) is 6.07 Å². The van der Waals surface area contributed by atoms with Crippen LogP contribution in [0.25, 0.3) is 11.0 Å². The summed E-state index contributed by atoms with van der Waals surface area (Å²) < 4.78 is 5.43. The Bertz CT molecular complexity index is 734. The van der Waals surface area contributed by atoms with Crippen molar-refractivity contribution < 1.29 is 14.0 Å². The number of carbonyl (C=O) groups excluding carboxylic acids is 2. The van der Waals surface area contributed by atoms with E-state index < -0.39 is 5.91 Å². The zero-order valence-electron chi connectivity index (χ0n) is 12.9. The monoisotopic (exact) mass is 304 g/mol. The van der Waals surface area contributed by atoms with Gasteiger partial charge >= 0.3 is 0 Å². The fourth-order valence-electron chi connectivity index (χ4n) is 2.20. The van der Waals surface area contributed by atoms with Crippen LogP contribution in [0.5, 0.6) is 0 Å². The summed E-state index contributed by atoms with van der Waals surface area (Å²) in [6.07, 6.45) is 0. The number of nitrogens with one attached hydrogen (secondary N) is 1. The molecule has 0 saturated heterocycles. The number of carbonyl (C=O) groups is 2. The van der Waals surface area contributed by atoms with Crippen LogP contribution in [-0.4, -0.2) is 43.9 Å². The topological polar surface area (TPSA) is 115 Å². The molecule has 0 saturated carbocycles. The van der Waals surface area contributed by atoms with E-state index in [0.717, 1.165) is 6.54 Å². The second-order valence-corrected chi connectivity index (χ2v) is 5.42. The number of nitrogens with zero attached hydrogens (tertiary/aromatic N) is 1. The standard InChI is InChI=1S/C15H20N4O3/c1-8-9-6-11(16)10(15(21)18-4-5-19(2)3)7-12(9)22-13(8)14(17)20/h6-7H,4-5,16H2,1-3H3,(H2,17,20)(H,18,21). The highest BCUT2D eigenvalue weighted by Crippen LogP contribution is 2.29. The number of furan rings is 1. The normalized spacial score (nSPS) is 11.1. The minimum Gasteiger partial charge on any atom is -0.451 e. The molecule has 0 atom stereocenters. The molecule has 0 fully saturated rings. The van der Waals surface area contributed by atoms with Gasteiger partial charge in [0.15, 0.2) is 5.76 Å². The van der Waals surface area contributed by atoms with Crippen LogP contribution in [0.1, 0.15) is 26.5 Å². The van der Waals surface area contributed by atoms with Crippen molar-refractivity contribution in [2.75, 3.05) is 32.9 Å². The highest BCUT2D eigenvalue weighted by molar-refractivity contribution is 6.05. The zero-order valence-corrected chi connectivity index (χ0v) is 12.9. The Balaban J connectivity index is 2.33. The smallest absolute Gasteiger partial charge is 0.284 e. The van der Waals surface area contributed by atoms with Gasteiger partial charge in [-0.3, -0.25) is 9.59 Å². The summed E-state index contributed by atoms with van der Waals surface area (Å²) in [4.78, 5) is 25.4. The fourth-order valence-corrected chi connectivity index (χ4v) is 2.20. The number of hydrogen-bond donors (Lipinski definition) is 3. The first-order chi connectivity index (χ1) is 10.3. The summed E-state index contributed by atoms with van der Waals surface area (Å²) in [5, 5.41) is 3.46. The van der Waals surface area contributed by atoms with E-state index in [1.807, 2.05) is 19.0 Å². The van der Waals surface area contributed by atoms with Gasteiger partial charge in [-0.1, -0.05) is 0 Å². The van der Waals surface area contributed by atoms with E-state index in [4.69, 9.17) is 15.9 Å². The van der Waals surface area contributed by atoms with Gasteiger partial charge in [-0.05, 0) is 33.2 Å². The Labute approximate surface area is 128 Å². The lowest BCUT2D eigenvalue weighted by molar-refractivity contribution is 0.0950. The molecule has 0 bridgehead atoms. The molecule has 1 aromatic carbocycles. The van der Waals surface area contributed by atoms with Crippen LogP contribution in [0, 0.1) is 6.92 Å². The van der Waals surface area contributed by atoms with Crippen LogP contribution in [0.2, 0.25) is 0 Å². The van der Waals surface area contributed by atoms with E-state index in [9.17, 15) is 9.59 Å². The number of likely N-dealkylation sites (N-methyl/N-ethyl adjacent to an activating group) is 1. The van der Waals surface area contributed by atoms with Crippen LogP contribution < -0.4 is 16.8 Å². The van der Waals surface area contributed by atoms with Crippen molar-refractivity contribution >= 4 is 28.5 Å². The third-order valence-electron chi connectivity index (χ3n) is 3.42. The predicted octanol–water partition coefficient (Wildman–Crippen LogP) is 0.714. The minimum absolute atomic E-state index is 0.0829. The number of fused-ring (bicyclic) bond motifs is 1. The van der Waals surface area contributed by atoms with Crippen LogP contribution >= 0.6 is 0 Å². The van der Waals surface area contributed by atoms with E-state index >= 15 is 0 Å². The van der Waals surface area contributed by atoms with Gasteiger partial charge in [0.05, 0.1) is 5.56 Å². The van der Waals surface area contributed by atoms with Crippen LogP contribution in [0.4, 0.5) is 5.69 Å². The van der Waals surface area contributed by atoms with E-state index in [2.05, 4.69) is 5.32 Å². The van der Waals surface area contributed by atoms with Gasteiger partial charge in [-0.15, -0.1) is 0 Å². The number of hydrogen-bond acceptors (Lipinski definition) is 5. The number of primary amides is 1. The first kappa shape index (κ1) is 15.8. The van der Waals surface area contributed by atoms with Gasteiger partial charge in [-0.2, -0.15) is 0 Å². The molecule has 7 nitrogen and oxygen atoms in total. The van der Waals surface area contributed by atoms with Crippen molar-refractivity contribution in [3.05, 3.63) is 29.0 Å². The molecule has 0 spiro atoms. The molecule has 0 radical (unpaired) electrons. The van der Waals surface area contributed by atoms with Gasteiger partial charge in [0.1, 0.15) is 5.58 Å². The molecule has 118 valence electrons. The average molecular weight is 304 g/mol. The highest BCUT2D eigenvalue weighted by Gasteiger charge is 2.18. The number of aryl methyl sites for hydroxylation is 1. The maximum Gasteiger partial charge on any atom is 0.284 e. The molecule has 0 aliphatic rings. The third-order valence-corrected chi connectivity index (χ3v) is 3.42. The van der Waals surface area contributed by atoms with Crippen molar-refractivity contribution in [3.63, 3.8) is 0 Å². The van der Waals surface area contributed by atoms with Gasteiger partial charge < -0.3 is 26.1 Å². The van der Waals surface area contributed by atoms with Gasteiger partial charge in [0, 0.05) is 29.7 Å². The van der Waals surface area contributed by atoms with Gasteiger partial charge in [0.2, 0.25) is 0 Å². The molecular formula is C15H20N4O3. The molecule has 2 rings (SSSR count). The number of rotatable bonds is 5. The summed E-state index contributed by atoms with van der Waals surface area (Å²) in [7, 11) is 3.84. The zero-order chi connectivity index (χ0) is 16.4. The number of anilines is 1. The second-order valence-electron chi connectivity index (χ2n) is 5.42. The Morgan fingerprint density at radius 2 is 2.00 bits per heavy atom. The Hall–Kier alpha value is -2.54. The SMILES string of the molecule is Cc1c(C(N)=O)oc2cc(C(=O)NCCN(C)C)c(N)cc12. The summed E-state index contributed by atoms with van der Waals surface area (Å²) in [6, 6.07) is 3.16. The maximum absolute atomic E-state index is 12.2. The van der Waals surface area contributed by atoms with E-state index in [-0.39, 0.29) is 11.7 Å². The number of nitrogen functional groups attached to an aromatic ring is 1.